The summed E-state index contributed by atoms with van der Waals surface area (Å²) in [5.41, 5.74) is 0.283. The summed E-state index contributed by atoms with van der Waals surface area (Å²) in [7, 11) is 0. The van der Waals surface area contributed by atoms with E-state index < -0.39 is 0 Å². The minimum Gasteiger partial charge on any atom is -0.356 e. The van der Waals surface area contributed by atoms with Gasteiger partial charge in [-0.2, -0.15) is 0 Å². The summed E-state index contributed by atoms with van der Waals surface area (Å²) in [6, 6.07) is 0. The van der Waals surface area contributed by atoms with Crippen LogP contribution in [0.1, 0.15) is 20.3 Å². The molecule has 1 aliphatic rings. The molecular formula is C8H16N2O. The zero-order chi connectivity index (χ0) is 8.32. The van der Waals surface area contributed by atoms with Gasteiger partial charge in [0.2, 0.25) is 5.91 Å². The number of rotatable bonds is 2. The molecule has 0 saturated carbocycles. The van der Waals surface area contributed by atoms with Crippen molar-refractivity contribution >= 4 is 5.91 Å². The zero-order valence-corrected chi connectivity index (χ0v) is 7.24. The topological polar surface area (TPSA) is 41.1 Å². The average Bonchev–Trinajstić information content (AvgIpc) is 2.33. The summed E-state index contributed by atoms with van der Waals surface area (Å²) in [6.45, 7) is 6.66. The van der Waals surface area contributed by atoms with Crippen LogP contribution in [0.3, 0.4) is 0 Å². The van der Waals surface area contributed by atoms with Gasteiger partial charge in [-0.15, -0.1) is 0 Å². The molecule has 0 unspecified atom stereocenters. The second-order valence-electron chi connectivity index (χ2n) is 3.65. The van der Waals surface area contributed by atoms with Gasteiger partial charge in [-0.3, -0.25) is 4.79 Å². The lowest BCUT2D eigenvalue weighted by Crippen LogP contribution is -2.35. The molecule has 0 aromatic rings. The van der Waals surface area contributed by atoms with Crippen LogP contribution in [0.2, 0.25) is 0 Å². The van der Waals surface area contributed by atoms with E-state index in [0.29, 0.717) is 0 Å². The third kappa shape index (κ3) is 2.50. The highest BCUT2D eigenvalue weighted by molar-refractivity contribution is 5.72. The maximum atomic E-state index is 10.6. The Morgan fingerprint density at radius 2 is 2.45 bits per heavy atom. The molecular weight excluding hydrogens is 140 g/mol. The maximum Gasteiger partial charge on any atom is 0.216 e. The number of nitrogens with one attached hydrogen (secondary N) is 2. The molecule has 1 saturated heterocycles. The molecule has 64 valence electrons. The lowest BCUT2D eigenvalue weighted by Gasteiger charge is -2.22. The second-order valence-corrected chi connectivity index (χ2v) is 3.65. The van der Waals surface area contributed by atoms with Crippen molar-refractivity contribution in [2.45, 2.75) is 20.3 Å². The Balaban J connectivity index is 2.28. The minimum absolute atomic E-state index is 0.0677. The first kappa shape index (κ1) is 8.53. The number of hydrogen-bond donors (Lipinski definition) is 2. The molecule has 1 fully saturated rings. The highest BCUT2D eigenvalue weighted by atomic mass is 16.1. The Morgan fingerprint density at radius 1 is 1.73 bits per heavy atom. The molecule has 2 N–H and O–H groups in total. The first-order valence-corrected chi connectivity index (χ1v) is 4.08. The van der Waals surface area contributed by atoms with Crippen LogP contribution in [0.25, 0.3) is 0 Å². The van der Waals surface area contributed by atoms with E-state index in [-0.39, 0.29) is 11.3 Å². The highest BCUT2D eigenvalue weighted by Gasteiger charge is 2.28. The van der Waals surface area contributed by atoms with Crippen molar-refractivity contribution in [3.63, 3.8) is 0 Å². The van der Waals surface area contributed by atoms with Gasteiger partial charge in [-0.1, -0.05) is 6.92 Å². The van der Waals surface area contributed by atoms with Crippen LogP contribution in [0, 0.1) is 5.41 Å². The Morgan fingerprint density at radius 3 is 2.91 bits per heavy atom. The monoisotopic (exact) mass is 156 g/mol. The van der Waals surface area contributed by atoms with Crippen molar-refractivity contribution in [2.24, 2.45) is 5.41 Å². The van der Waals surface area contributed by atoms with E-state index in [2.05, 4.69) is 17.6 Å². The number of carbonyl (C=O) groups is 1. The van der Waals surface area contributed by atoms with Crippen LogP contribution in [0.15, 0.2) is 0 Å². The predicted molar refractivity (Wildman–Crippen MR) is 44.3 cm³/mol. The Labute approximate surface area is 67.5 Å². The largest absolute Gasteiger partial charge is 0.356 e. The fraction of sp³-hybridized carbons (Fsp3) is 0.875. The Kier molecular flexibility index (Phi) is 2.49. The third-order valence-corrected chi connectivity index (χ3v) is 2.22. The van der Waals surface area contributed by atoms with Gasteiger partial charge in [0.25, 0.3) is 0 Å². The fourth-order valence-electron chi connectivity index (χ4n) is 1.36. The van der Waals surface area contributed by atoms with Crippen LogP contribution in [0.5, 0.6) is 0 Å². The third-order valence-electron chi connectivity index (χ3n) is 2.22. The number of carbonyl (C=O) groups excluding carboxylic acids is 1. The van der Waals surface area contributed by atoms with Crippen molar-refractivity contribution in [3.8, 4) is 0 Å². The smallest absolute Gasteiger partial charge is 0.216 e. The Bertz CT molecular complexity index is 150. The summed E-state index contributed by atoms with van der Waals surface area (Å²) in [4.78, 5) is 10.6. The molecule has 1 atom stereocenters. The molecule has 11 heavy (non-hydrogen) atoms. The standard InChI is InChI=1S/C8H16N2O/c1-7(11)10-6-8(2)3-4-9-5-8/h9H,3-6H2,1-2H3,(H,10,11)/t8-/m0/s1. The van der Waals surface area contributed by atoms with Crippen molar-refractivity contribution in [1.29, 1.82) is 0 Å². The molecule has 1 aliphatic heterocycles. The van der Waals surface area contributed by atoms with E-state index in [0.717, 1.165) is 26.1 Å². The van der Waals surface area contributed by atoms with Gasteiger partial charge >= 0.3 is 0 Å². The van der Waals surface area contributed by atoms with Crippen molar-refractivity contribution < 1.29 is 4.79 Å². The van der Waals surface area contributed by atoms with Crippen LogP contribution in [-0.2, 0) is 4.79 Å². The highest BCUT2D eigenvalue weighted by Crippen LogP contribution is 2.22. The van der Waals surface area contributed by atoms with E-state index in [1.807, 2.05) is 0 Å². The van der Waals surface area contributed by atoms with Crippen LogP contribution < -0.4 is 10.6 Å². The van der Waals surface area contributed by atoms with Crippen molar-refractivity contribution in [3.05, 3.63) is 0 Å². The molecule has 0 bridgehead atoms. The van der Waals surface area contributed by atoms with Crippen LogP contribution in [0.4, 0.5) is 0 Å². The van der Waals surface area contributed by atoms with Crippen LogP contribution in [-0.4, -0.2) is 25.5 Å². The van der Waals surface area contributed by atoms with E-state index in [1.54, 1.807) is 6.92 Å². The fourth-order valence-corrected chi connectivity index (χ4v) is 1.36. The van der Waals surface area contributed by atoms with Gasteiger partial charge in [-0.25, -0.2) is 0 Å². The SMILES string of the molecule is CC(=O)NC[C@@]1(C)CCNC1. The van der Waals surface area contributed by atoms with Gasteiger partial charge in [-0.05, 0) is 18.4 Å². The molecule has 0 radical (unpaired) electrons. The van der Waals surface area contributed by atoms with Crippen molar-refractivity contribution in [2.75, 3.05) is 19.6 Å². The predicted octanol–water partition coefficient (Wildman–Crippen LogP) is 0.122. The summed E-state index contributed by atoms with van der Waals surface area (Å²) in [6.07, 6.45) is 1.16. The minimum atomic E-state index is 0.0677. The molecule has 0 aliphatic carbocycles. The van der Waals surface area contributed by atoms with Crippen LogP contribution >= 0.6 is 0 Å². The first-order chi connectivity index (χ1) is 5.12. The Hall–Kier alpha value is -0.570. The van der Waals surface area contributed by atoms with E-state index in [4.69, 9.17) is 0 Å². The van der Waals surface area contributed by atoms with Crippen molar-refractivity contribution in [1.82, 2.24) is 10.6 Å². The quantitative estimate of drug-likeness (QED) is 0.596. The molecule has 3 nitrogen and oxygen atoms in total. The molecule has 0 aromatic heterocycles. The van der Waals surface area contributed by atoms with Gasteiger partial charge in [0, 0.05) is 20.0 Å². The number of amides is 1. The summed E-state index contributed by atoms with van der Waals surface area (Å²) in [5, 5.41) is 6.13. The maximum absolute atomic E-state index is 10.6. The molecule has 1 heterocycles. The summed E-state index contributed by atoms with van der Waals surface area (Å²) >= 11 is 0. The zero-order valence-electron chi connectivity index (χ0n) is 7.24. The lowest BCUT2D eigenvalue weighted by atomic mass is 9.90. The molecule has 1 amide bonds. The van der Waals surface area contributed by atoms with Gasteiger partial charge in [0.15, 0.2) is 0 Å². The van der Waals surface area contributed by atoms with E-state index >= 15 is 0 Å². The van der Waals surface area contributed by atoms with E-state index in [1.165, 1.54) is 0 Å². The first-order valence-electron chi connectivity index (χ1n) is 4.08. The van der Waals surface area contributed by atoms with E-state index in [9.17, 15) is 4.79 Å². The van der Waals surface area contributed by atoms with Gasteiger partial charge in [0.05, 0.1) is 0 Å². The summed E-state index contributed by atoms with van der Waals surface area (Å²) in [5.74, 6) is 0.0677. The molecule has 1 rings (SSSR count). The normalized spacial score (nSPS) is 30.4. The lowest BCUT2D eigenvalue weighted by molar-refractivity contribution is -0.119. The summed E-state index contributed by atoms with van der Waals surface area (Å²) < 4.78 is 0. The molecule has 0 spiro atoms. The number of hydrogen-bond acceptors (Lipinski definition) is 2. The van der Waals surface area contributed by atoms with Gasteiger partial charge < -0.3 is 10.6 Å². The van der Waals surface area contributed by atoms with Gasteiger partial charge in [0.1, 0.15) is 0 Å². The second kappa shape index (κ2) is 3.22. The molecule has 3 heteroatoms. The average molecular weight is 156 g/mol. The molecule has 0 aromatic carbocycles.